The monoisotopic (exact) mass is 1010 g/mol. The lowest BCUT2D eigenvalue weighted by atomic mass is 9.99. The number of carbonyl (C=O) groups excluding carboxylic acids is 1. The van der Waals surface area contributed by atoms with Crippen LogP contribution < -0.4 is 0 Å². The Kier molecular flexibility index (Phi) is 50.7. The van der Waals surface area contributed by atoms with Gasteiger partial charge in [-0.1, -0.05) is 242 Å². The van der Waals surface area contributed by atoms with Crippen molar-refractivity contribution in [2.24, 2.45) is 0 Å². The van der Waals surface area contributed by atoms with Gasteiger partial charge in [-0.05, 0) is 83.5 Å². The van der Waals surface area contributed by atoms with Gasteiger partial charge in [0, 0.05) is 13.0 Å². The van der Waals surface area contributed by atoms with Gasteiger partial charge >= 0.3 is 5.97 Å². The highest BCUT2D eigenvalue weighted by molar-refractivity contribution is 5.69. The summed E-state index contributed by atoms with van der Waals surface area (Å²) in [5.74, 6) is -0.316. The van der Waals surface area contributed by atoms with Gasteiger partial charge in [-0.3, -0.25) is 4.79 Å². The van der Waals surface area contributed by atoms with Crippen LogP contribution in [0.15, 0.2) is 60.8 Å². The van der Waals surface area contributed by atoms with Gasteiger partial charge in [0.1, 0.15) is 30.5 Å². The average molecular weight is 1020 g/mol. The highest BCUT2D eigenvalue weighted by Crippen LogP contribution is 2.23. The fraction of sp³-hybridized carbons (Fsp3) is 0.825. The summed E-state index contributed by atoms with van der Waals surface area (Å²) in [7, 11) is 0. The molecule has 9 nitrogen and oxygen atoms in total. The molecule has 0 aromatic carbocycles. The molecule has 1 heterocycles. The third-order valence-corrected chi connectivity index (χ3v) is 13.9. The van der Waals surface area contributed by atoms with Crippen molar-refractivity contribution >= 4 is 5.97 Å². The van der Waals surface area contributed by atoms with E-state index < -0.39 is 43.4 Å². The standard InChI is InChI=1S/C63H114O9/c1-3-5-7-9-11-13-15-17-19-21-23-25-27-29-30-32-34-36-38-40-42-44-46-48-50-52-59(65)71-57(56-70-63-62(68)61(67)60(66)58(54-64)72-63)55-69-53-51-49-47-45-43-41-39-37-35-33-31-28-26-24-22-20-18-16-14-12-10-8-6-4-2/h15-18,21-24,27,29,57-58,60-64,66-68H,3-14,19-20,25-26,28,30-56H2,1-2H3/b17-15-,18-16-,23-21-,24-22-,29-27-. The second kappa shape index (κ2) is 53.7. The Labute approximate surface area is 443 Å². The Balaban J connectivity index is 2.14. The molecule has 1 aliphatic rings. The summed E-state index contributed by atoms with van der Waals surface area (Å²) in [6, 6.07) is 0. The summed E-state index contributed by atoms with van der Waals surface area (Å²) in [6.07, 6.45) is 64.1. The maximum absolute atomic E-state index is 12.9. The molecule has 0 aromatic rings. The number of rotatable bonds is 53. The molecule has 0 amide bonds. The van der Waals surface area contributed by atoms with Crippen LogP contribution in [-0.4, -0.2) is 89.6 Å². The van der Waals surface area contributed by atoms with E-state index in [0.29, 0.717) is 13.0 Å². The summed E-state index contributed by atoms with van der Waals surface area (Å²) >= 11 is 0. The van der Waals surface area contributed by atoms with Gasteiger partial charge in [0.2, 0.25) is 0 Å². The molecule has 0 aromatic heterocycles. The van der Waals surface area contributed by atoms with Crippen molar-refractivity contribution in [1.82, 2.24) is 0 Å². The molecule has 1 fully saturated rings. The minimum absolute atomic E-state index is 0.116. The molecule has 1 saturated heterocycles. The van der Waals surface area contributed by atoms with Gasteiger partial charge in [0.05, 0.1) is 19.8 Å². The van der Waals surface area contributed by atoms with Crippen LogP contribution in [0.3, 0.4) is 0 Å². The van der Waals surface area contributed by atoms with E-state index in [2.05, 4.69) is 74.6 Å². The van der Waals surface area contributed by atoms with E-state index in [1.54, 1.807) is 0 Å². The Hall–Kier alpha value is -2.11. The number of carbonyl (C=O) groups is 1. The van der Waals surface area contributed by atoms with Crippen molar-refractivity contribution in [1.29, 1.82) is 0 Å². The minimum Gasteiger partial charge on any atom is -0.457 e. The molecule has 0 radical (unpaired) electrons. The number of allylic oxidation sites excluding steroid dienone is 10. The maximum Gasteiger partial charge on any atom is 0.306 e. The lowest BCUT2D eigenvalue weighted by Crippen LogP contribution is -2.59. The molecule has 72 heavy (non-hydrogen) atoms. The molecule has 0 spiro atoms. The van der Waals surface area contributed by atoms with E-state index in [-0.39, 0.29) is 19.2 Å². The van der Waals surface area contributed by atoms with Crippen LogP contribution in [0.4, 0.5) is 0 Å². The number of ether oxygens (including phenoxy) is 4. The molecule has 1 rings (SSSR count). The summed E-state index contributed by atoms with van der Waals surface area (Å²) < 4.78 is 23.0. The van der Waals surface area contributed by atoms with Gasteiger partial charge in [0.25, 0.3) is 0 Å². The fourth-order valence-electron chi connectivity index (χ4n) is 9.18. The van der Waals surface area contributed by atoms with Crippen LogP contribution in [0.25, 0.3) is 0 Å². The van der Waals surface area contributed by atoms with E-state index in [0.717, 1.165) is 51.4 Å². The second-order valence-electron chi connectivity index (χ2n) is 20.8. The van der Waals surface area contributed by atoms with Crippen LogP contribution in [-0.2, 0) is 23.7 Å². The second-order valence-corrected chi connectivity index (χ2v) is 20.8. The van der Waals surface area contributed by atoms with Crippen LogP contribution in [0.5, 0.6) is 0 Å². The SMILES string of the molecule is CCCCCCC/C=C\C/C=C\C/C=C\CCCCCCCCCCCCC(=O)OC(COCCCCCCCCCCCCCC/C=C\C/C=C\CCCCCCC)COC1OC(CO)C(O)C(O)C1O. The number of aliphatic hydroxyl groups excluding tert-OH is 4. The number of unbranched alkanes of at least 4 members (excludes halogenated alkanes) is 32. The van der Waals surface area contributed by atoms with Gasteiger partial charge in [-0.15, -0.1) is 0 Å². The molecular formula is C63H114O9. The van der Waals surface area contributed by atoms with E-state index in [1.807, 2.05) is 0 Å². The first-order valence-corrected chi connectivity index (χ1v) is 30.4. The quantitative estimate of drug-likeness (QED) is 0.0267. The lowest BCUT2D eigenvalue weighted by molar-refractivity contribution is -0.305. The van der Waals surface area contributed by atoms with E-state index in [9.17, 15) is 25.2 Å². The Morgan fingerprint density at radius 1 is 0.444 bits per heavy atom. The first-order chi connectivity index (χ1) is 35.4. The van der Waals surface area contributed by atoms with Crippen LogP contribution in [0.2, 0.25) is 0 Å². The van der Waals surface area contributed by atoms with Crippen molar-refractivity contribution in [3.63, 3.8) is 0 Å². The highest BCUT2D eigenvalue weighted by Gasteiger charge is 2.44. The van der Waals surface area contributed by atoms with Crippen molar-refractivity contribution in [2.45, 2.75) is 307 Å². The van der Waals surface area contributed by atoms with Gasteiger partial charge in [-0.25, -0.2) is 0 Å². The number of aliphatic hydroxyl groups is 4. The summed E-state index contributed by atoms with van der Waals surface area (Å²) in [5.41, 5.74) is 0. The molecule has 420 valence electrons. The van der Waals surface area contributed by atoms with Crippen LogP contribution in [0, 0.1) is 0 Å². The maximum atomic E-state index is 12.9. The Bertz CT molecular complexity index is 1290. The summed E-state index contributed by atoms with van der Waals surface area (Å²) in [5, 5.41) is 40.4. The molecular weight excluding hydrogens is 901 g/mol. The molecule has 6 atom stereocenters. The van der Waals surface area contributed by atoms with Crippen molar-refractivity contribution in [3.8, 4) is 0 Å². The molecule has 0 aliphatic carbocycles. The first kappa shape index (κ1) is 67.9. The van der Waals surface area contributed by atoms with Crippen LogP contribution in [0.1, 0.15) is 271 Å². The predicted octanol–water partition coefficient (Wildman–Crippen LogP) is 16.2. The fourth-order valence-corrected chi connectivity index (χ4v) is 9.18. The van der Waals surface area contributed by atoms with E-state index in [1.165, 1.54) is 199 Å². The molecule has 1 aliphatic heterocycles. The Morgan fingerprint density at radius 2 is 0.806 bits per heavy atom. The first-order valence-electron chi connectivity index (χ1n) is 30.4. The number of hydrogen-bond donors (Lipinski definition) is 4. The molecule has 6 unspecified atom stereocenters. The van der Waals surface area contributed by atoms with E-state index >= 15 is 0 Å². The van der Waals surface area contributed by atoms with Gasteiger partial charge in [-0.2, -0.15) is 0 Å². The van der Waals surface area contributed by atoms with Gasteiger partial charge in [0.15, 0.2) is 6.29 Å². The zero-order chi connectivity index (χ0) is 52.1. The van der Waals surface area contributed by atoms with Crippen LogP contribution >= 0.6 is 0 Å². The van der Waals surface area contributed by atoms with Crippen molar-refractivity contribution in [3.05, 3.63) is 60.8 Å². The van der Waals surface area contributed by atoms with E-state index in [4.69, 9.17) is 18.9 Å². The molecule has 0 saturated carbocycles. The zero-order valence-electron chi connectivity index (χ0n) is 46.7. The molecule has 9 heteroatoms. The predicted molar refractivity (Wildman–Crippen MR) is 302 cm³/mol. The highest BCUT2D eigenvalue weighted by atomic mass is 16.7. The average Bonchev–Trinajstić information content (AvgIpc) is 3.38. The largest absolute Gasteiger partial charge is 0.457 e. The number of esters is 1. The summed E-state index contributed by atoms with van der Waals surface area (Å²) in [6.45, 7) is 4.57. The molecule has 0 bridgehead atoms. The Morgan fingerprint density at radius 3 is 1.21 bits per heavy atom. The topological polar surface area (TPSA) is 135 Å². The smallest absolute Gasteiger partial charge is 0.306 e. The van der Waals surface area contributed by atoms with Crippen molar-refractivity contribution in [2.75, 3.05) is 26.4 Å². The lowest BCUT2D eigenvalue weighted by Gasteiger charge is -2.39. The molecule has 4 N–H and O–H groups in total. The third-order valence-electron chi connectivity index (χ3n) is 13.9. The third kappa shape index (κ3) is 43.2. The zero-order valence-corrected chi connectivity index (χ0v) is 46.7. The number of hydrogen-bond acceptors (Lipinski definition) is 9. The summed E-state index contributed by atoms with van der Waals surface area (Å²) in [4.78, 5) is 12.9. The van der Waals surface area contributed by atoms with Crippen molar-refractivity contribution < 1.29 is 44.2 Å². The van der Waals surface area contributed by atoms with Gasteiger partial charge < -0.3 is 39.4 Å². The normalized spacial score (nSPS) is 19.1. The minimum atomic E-state index is -1.54.